The molecule has 4 nitrogen and oxygen atoms in total. The van der Waals surface area contributed by atoms with Crippen LogP contribution in [0.2, 0.25) is 5.02 Å². The zero-order valence-corrected chi connectivity index (χ0v) is 13.3. The topological polar surface area (TPSA) is 55.2 Å². The van der Waals surface area contributed by atoms with Crippen molar-refractivity contribution in [3.05, 3.63) is 38.9 Å². The Morgan fingerprint density at radius 2 is 2.05 bits per heavy atom. The van der Waals surface area contributed by atoms with E-state index in [9.17, 15) is 10.1 Å². The molecule has 0 amide bonds. The van der Waals surface area contributed by atoms with E-state index >= 15 is 0 Å². The highest BCUT2D eigenvalue weighted by molar-refractivity contribution is 6.30. The third kappa shape index (κ3) is 4.76. The fourth-order valence-electron chi connectivity index (χ4n) is 2.12. The lowest BCUT2D eigenvalue weighted by molar-refractivity contribution is -0.385. The van der Waals surface area contributed by atoms with Gasteiger partial charge in [-0.2, -0.15) is 0 Å². The predicted octanol–water partition coefficient (Wildman–Crippen LogP) is 4.21. The summed E-state index contributed by atoms with van der Waals surface area (Å²) in [4.78, 5) is 10.8. The van der Waals surface area contributed by atoms with Crippen LogP contribution in [-0.2, 0) is 6.42 Å². The van der Waals surface area contributed by atoms with Crippen molar-refractivity contribution in [3.8, 4) is 0 Å². The van der Waals surface area contributed by atoms with Gasteiger partial charge in [0.15, 0.2) is 0 Å². The van der Waals surface area contributed by atoms with Crippen molar-refractivity contribution in [2.45, 2.75) is 46.6 Å². The van der Waals surface area contributed by atoms with E-state index in [1.807, 2.05) is 0 Å². The van der Waals surface area contributed by atoms with Crippen molar-refractivity contribution in [2.24, 2.45) is 5.41 Å². The van der Waals surface area contributed by atoms with E-state index in [2.05, 4.69) is 33.0 Å². The van der Waals surface area contributed by atoms with Crippen molar-refractivity contribution in [1.29, 1.82) is 0 Å². The first kappa shape index (κ1) is 16.9. The zero-order valence-electron chi connectivity index (χ0n) is 12.6. The van der Waals surface area contributed by atoms with E-state index in [-0.39, 0.29) is 22.1 Å². The monoisotopic (exact) mass is 298 g/mol. The van der Waals surface area contributed by atoms with Crippen molar-refractivity contribution < 1.29 is 4.92 Å². The van der Waals surface area contributed by atoms with Crippen LogP contribution < -0.4 is 5.32 Å². The highest BCUT2D eigenvalue weighted by atomic mass is 35.5. The molecule has 20 heavy (non-hydrogen) atoms. The molecule has 0 aliphatic rings. The molecule has 1 atom stereocenters. The van der Waals surface area contributed by atoms with Gasteiger partial charge in [-0.15, -0.1) is 0 Å². The summed E-state index contributed by atoms with van der Waals surface area (Å²) in [5, 5.41) is 15.1. The van der Waals surface area contributed by atoms with Crippen molar-refractivity contribution in [2.75, 3.05) is 6.54 Å². The number of nitro groups is 1. The first-order valence-electron chi connectivity index (χ1n) is 6.92. The molecule has 0 aliphatic heterocycles. The van der Waals surface area contributed by atoms with E-state index in [4.69, 9.17) is 11.6 Å². The first-order valence-corrected chi connectivity index (χ1v) is 7.29. The maximum atomic E-state index is 11.1. The van der Waals surface area contributed by atoms with Crippen LogP contribution in [0.25, 0.3) is 0 Å². The number of rotatable bonds is 6. The lowest BCUT2D eigenvalue weighted by Crippen LogP contribution is -2.42. The van der Waals surface area contributed by atoms with Crippen LogP contribution in [0.3, 0.4) is 0 Å². The average Bonchev–Trinajstić information content (AvgIpc) is 2.32. The molecule has 0 saturated heterocycles. The van der Waals surface area contributed by atoms with Gasteiger partial charge in [-0.1, -0.05) is 39.3 Å². The average molecular weight is 299 g/mol. The smallest absolute Gasteiger partial charge is 0.272 e. The molecule has 1 aromatic rings. The van der Waals surface area contributed by atoms with Crippen molar-refractivity contribution in [3.63, 3.8) is 0 Å². The van der Waals surface area contributed by atoms with Gasteiger partial charge < -0.3 is 5.32 Å². The van der Waals surface area contributed by atoms with Crippen LogP contribution in [-0.4, -0.2) is 17.5 Å². The molecular formula is C15H23ClN2O2. The number of nitrogens with one attached hydrogen (secondary N) is 1. The van der Waals surface area contributed by atoms with Crippen LogP contribution in [0.4, 0.5) is 5.69 Å². The molecule has 112 valence electrons. The number of nitro benzene ring substituents is 1. The first-order chi connectivity index (χ1) is 9.25. The normalized spacial score (nSPS) is 13.2. The highest BCUT2D eigenvalue weighted by Gasteiger charge is 2.27. The van der Waals surface area contributed by atoms with Gasteiger partial charge in [-0.05, 0) is 36.9 Å². The van der Waals surface area contributed by atoms with Gasteiger partial charge in [0.2, 0.25) is 0 Å². The van der Waals surface area contributed by atoms with E-state index in [0.717, 1.165) is 13.0 Å². The molecule has 1 unspecified atom stereocenters. The minimum Gasteiger partial charge on any atom is -0.313 e. The summed E-state index contributed by atoms with van der Waals surface area (Å²) in [5.74, 6) is 0. The summed E-state index contributed by atoms with van der Waals surface area (Å²) in [7, 11) is 0. The molecule has 0 fully saturated rings. The molecule has 0 radical (unpaired) electrons. The summed E-state index contributed by atoms with van der Waals surface area (Å²) in [6.45, 7) is 9.41. The van der Waals surface area contributed by atoms with E-state index < -0.39 is 0 Å². The summed E-state index contributed by atoms with van der Waals surface area (Å²) in [5.41, 5.74) is 0.846. The molecule has 5 heteroatoms. The molecular weight excluding hydrogens is 276 g/mol. The largest absolute Gasteiger partial charge is 0.313 e. The van der Waals surface area contributed by atoms with E-state index in [0.29, 0.717) is 17.0 Å². The third-order valence-corrected chi connectivity index (χ3v) is 3.58. The fraction of sp³-hybridized carbons (Fsp3) is 0.600. The number of benzene rings is 1. The van der Waals surface area contributed by atoms with Gasteiger partial charge in [0, 0.05) is 22.7 Å². The Labute approximate surface area is 125 Å². The Kier molecular flexibility index (Phi) is 5.96. The second-order valence-corrected chi connectivity index (χ2v) is 6.54. The van der Waals surface area contributed by atoms with Gasteiger partial charge in [-0.25, -0.2) is 0 Å². The molecule has 0 aliphatic carbocycles. The van der Waals surface area contributed by atoms with Gasteiger partial charge in [0.05, 0.1) is 4.92 Å². The summed E-state index contributed by atoms with van der Waals surface area (Å²) in [6, 6.07) is 4.91. The van der Waals surface area contributed by atoms with E-state index in [1.54, 1.807) is 12.1 Å². The maximum absolute atomic E-state index is 11.1. The van der Waals surface area contributed by atoms with Crippen LogP contribution >= 0.6 is 11.6 Å². The number of hydrogen-bond donors (Lipinski definition) is 1. The van der Waals surface area contributed by atoms with Crippen LogP contribution in [0.5, 0.6) is 0 Å². The second-order valence-electron chi connectivity index (χ2n) is 6.11. The molecule has 0 saturated carbocycles. The van der Waals surface area contributed by atoms with Crippen LogP contribution in [0, 0.1) is 15.5 Å². The van der Waals surface area contributed by atoms with Gasteiger partial charge in [-0.3, -0.25) is 10.1 Å². The Morgan fingerprint density at radius 1 is 1.40 bits per heavy atom. The number of hydrogen-bond acceptors (Lipinski definition) is 3. The lowest BCUT2D eigenvalue weighted by Gasteiger charge is -2.31. The molecule has 1 N–H and O–H groups in total. The quantitative estimate of drug-likeness (QED) is 0.632. The van der Waals surface area contributed by atoms with Crippen molar-refractivity contribution >= 4 is 17.3 Å². The predicted molar refractivity (Wildman–Crippen MR) is 83.3 cm³/mol. The zero-order chi connectivity index (χ0) is 15.3. The Balaban J connectivity index is 3.03. The van der Waals surface area contributed by atoms with Gasteiger partial charge in [0.25, 0.3) is 5.69 Å². The fourth-order valence-corrected chi connectivity index (χ4v) is 2.31. The molecule has 1 rings (SSSR count). The van der Waals surface area contributed by atoms with Gasteiger partial charge in [0.1, 0.15) is 0 Å². The lowest BCUT2D eigenvalue weighted by atomic mass is 9.82. The third-order valence-electron chi connectivity index (χ3n) is 3.35. The summed E-state index contributed by atoms with van der Waals surface area (Å²) in [6.07, 6.45) is 1.63. The van der Waals surface area contributed by atoms with Gasteiger partial charge >= 0.3 is 0 Å². The molecule has 0 aromatic heterocycles. The summed E-state index contributed by atoms with van der Waals surface area (Å²) < 4.78 is 0. The number of nitrogens with zero attached hydrogens (tertiary/aromatic N) is 1. The molecule has 0 heterocycles. The maximum Gasteiger partial charge on any atom is 0.272 e. The Hall–Kier alpha value is -1.13. The Bertz CT molecular complexity index is 469. The number of halogens is 1. The molecule has 0 bridgehead atoms. The SMILES string of the molecule is CCCNC(Cc1cc(Cl)ccc1[N+](=O)[O-])C(C)(C)C. The minimum absolute atomic E-state index is 0.0192. The summed E-state index contributed by atoms with van der Waals surface area (Å²) >= 11 is 5.98. The van der Waals surface area contributed by atoms with Crippen molar-refractivity contribution in [1.82, 2.24) is 5.32 Å². The standard InChI is InChI=1S/C15H23ClN2O2/c1-5-8-17-14(15(2,3)4)10-11-9-12(16)6-7-13(11)18(19)20/h6-7,9,14,17H,5,8,10H2,1-4H3. The molecule has 1 aromatic carbocycles. The second kappa shape index (κ2) is 7.04. The minimum atomic E-state index is -0.342. The van der Waals surface area contributed by atoms with E-state index in [1.165, 1.54) is 6.07 Å². The Morgan fingerprint density at radius 3 is 2.55 bits per heavy atom. The van der Waals surface area contributed by atoms with Crippen LogP contribution in [0.1, 0.15) is 39.7 Å². The highest BCUT2D eigenvalue weighted by Crippen LogP contribution is 2.28. The van der Waals surface area contributed by atoms with Crippen LogP contribution in [0.15, 0.2) is 18.2 Å². The molecule has 0 spiro atoms.